The van der Waals surface area contributed by atoms with E-state index >= 15 is 0 Å². The summed E-state index contributed by atoms with van der Waals surface area (Å²) in [5.74, 6) is 0.176. The Balaban J connectivity index is 1.95. The molecule has 4 N–H and O–H groups in total. The number of phenolic OH excluding ortho intramolecular Hbond substituents is 1. The van der Waals surface area contributed by atoms with Gasteiger partial charge in [0.2, 0.25) is 0 Å². The van der Waals surface area contributed by atoms with Gasteiger partial charge in [-0.1, -0.05) is 23.8 Å². The Labute approximate surface area is 169 Å². The third-order valence-corrected chi connectivity index (χ3v) is 4.66. The second-order valence-corrected chi connectivity index (χ2v) is 6.96. The van der Waals surface area contributed by atoms with E-state index in [1.54, 1.807) is 18.2 Å². The molecule has 3 rings (SSSR count). The van der Waals surface area contributed by atoms with Gasteiger partial charge in [0.15, 0.2) is 16.6 Å². The van der Waals surface area contributed by atoms with Crippen LogP contribution >= 0.6 is 12.2 Å². The Morgan fingerprint density at radius 2 is 1.93 bits per heavy atom. The second kappa shape index (κ2) is 8.31. The van der Waals surface area contributed by atoms with Crippen LogP contribution in [0.1, 0.15) is 31.0 Å². The minimum absolute atomic E-state index is 0.0495. The van der Waals surface area contributed by atoms with Crippen molar-refractivity contribution in [1.29, 1.82) is 0 Å². The van der Waals surface area contributed by atoms with E-state index in [1.807, 2.05) is 45.0 Å². The molecular formula is C21H23N3O3S. The topological polar surface area (TPSA) is 82.6 Å². The van der Waals surface area contributed by atoms with Crippen molar-refractivity contribution in [3.05, 3.63) is 64.9 Å². The fourth-order valence-electron chi connectivity index (χ4n) is 3.06. The van der Waals surface area contributed by atoms with Crippen LogP contribution < -0.4 is 20.7 Å². The Morgan fingerprint density at radius 1 is 1.21 bits per heavy atom. The molecule has 6 nitrogen and oxygen atoms in total. The number of rotatable bonds is 5. The highest BCUT2D eigenvalue weighted by Gasteiger charge is 2.30. The number of carbonyl (C=O) groups excluding carboxylic acids is 1. The highest BCUT2D eigenvalue weighted by Crippen LogP contribution is 2.34. The molecule has 0 saturated carbocycles. The number of allylic oxidation sites excluding steroid dienone is 1. The third-order valence-electron chi connectivity index (χ3n) is 4.44. The molecule has 2 aromatic rings. The largest absolute Gasteiger partial charge is 0.504 e. The monoisotopic (exact) mass is 397 g/mol. The number of ether oxygens (including phenoxy) is 1. The molecule has 2 aromatic carbocycles. The van der Waals surface area contributed by atoms with E-state index in [-0.39, 0.29) is 11.7 Å². The van der Waals surface area contributed by atoms with Crippen molar-refractivity contribution in [3.8, 4) is 11.5 Å². The molecule has 0 spiro atoms. The molecule has 1 atom stereocenters. The quantitative estimate of drug-likeness (QED) is 0.578. The highest BCUT2D eigenvalue weighted by atomic mass is 32.1. The van der Waals surface area contributed by atoms with Gasteiger partial charge in [-0.25, -0.2) is 0 Å². The van der Waals surface area contributed by atoms with Gasteiger partial charge in [-0.3, -0.25) is 4.79 Å². The molecular weight excluding hydrogens is 374 g/mol. The average molecular weight is 398 g/mol. The fourth-order valence-corrected chi connectivity index (χ4v) is 3.33. The number of hydrogen-bond acceptors (Lipinski definition) is 4. The van der Waals surface area contributed by atoms with Gasteiger partial charge < -0.3 is 25.8 Å². The predicted molar refractivity (Wildman–Crippen MR) is 113 cm³/mol. The lowest BCUT2D eigenvalue weighted by Gasteiger charge is -2.30. The average Bonchev–Trinajstić information content (AvgIpc) is 2.65. The van der Waals surface area contributed by atoms with Gasteiger partial charge in [-0.15, -0.1) is 0 Å². The molecule has 0 bridgehead atoms. The second-order valence-electron chi connectivity index (χ2n) is 6.55. The zero-order valence-corrected chi connectivity index (χ0v) is 16.8. The number of carbonyl (C=O) groups is 1. The first-order valence-corrected chi connectivity index (χ1v) is 9.42. The summed E-state index contributed by atoms with van der Waals surface area (Å²) in [5.41, 5.74) is 3.78. The van der Waals surface area contributed by atoms with Crippen LogP contribution in [-0.2, 0) is 4.79 Å². The van der Waals surface area contributed by atoms with Gasteiger partial charge in [0.25, 0.3) is 5.91 Å². The van der Waals surface area contributed by atoms with Gasteiger partial charge in [-0.2, -0.15) is 0 Å². The molecule has 0 fully saturated rings. The first-order chi connectivity index (χ1) is 13.4. The highest BCUT2D eigenvalue weighted by molar-refractivity contribution is 7.80. The maximum absolute atomic E-state index is 13.1. The van der Waals surface area contributed by atoms with Crippen LogP contribution in [0.25, 0.3) is 0 Å². The Hall–Kier alpha value is -3.06. The Bertz CT molecular complexity index is 938. The van der Waals surface area contributed by atoms with Crippen LogP contribution in [0.5, 0.6) is 11.5 Å². The van der Waals surface area contributed by atoms with Crippen LogP contribution in [-0.4, -0.2) is 22.7 Å². The van der Waals surface area contributed by atoms with Crippen LogP contribution in [0.4, 0.5) is 5.69 Å². The lowest BCUT2D eigenvalue weighted by molar-refractivity contribution is -0.113. The van der Waals surface area contributed by atoms with Crippen LogP contribution in [0.2, 0.25) is 0 Å². The Morgan fingerprint density at radius 3 is 2.61 bits per heavy atom. The number of phenols is 1. The van der Waals surface area contributed by atoms with Gasteiger partial charge in [0.05, 0.1) is 18.2 Å². The van der Waals surface area contributed by atoms with E-state index in [4.69, 9.17) is 17.0 Å². The summed E-state index contributed by atoms with van der Waals surface area (Å²) < 4.78 is 5.48. The van der Waals surface area contributed by atoms with Crippen LogP contribution in [0.15, 0.2) is 53.7 Å². The fraction of sp³-hybridized carbons (Fsp3) is 0.238. The number of hydrogen-bond donors (Lipinski definition) is 4. The molecule has 1 amide bonds. The molecule has 28 heavy (non-hydrogen) atoms. The summed E-state index contributed by atoms with van der Waals surface area (Å²) in [6.07, 6.45) is 0. The van der Waals surface area contributed by atoms with Gasteiger partial charge in [0, 0.05) is 11.4 Å². The molecule has 7 heteroatoms. The van der Waals surface area contributed by atoms with E-state index < -0.39 is 6.04 Å². The van der Waals surface area contributed by atoms with E-state index in [1.165, 1.54) is 0 Å². The summed E-state index contributed by atoms with van der Waals surface area (Å²) in [6, 6.07) is 12.1. The number of thiocarbonyl (C=S) groups is 1. The third kappa shape index (κ3) is 4.26. The van der Waals surface area contributed by atoms with Gasteiger partial charge in [-0.05, 0) is 62.8 Å². The number of benzene rings is 2. The maximum Gasteiger partial charge on any atom is 0.255 e. The Kier molecular flexibility index (Phi) is 5.84. The number of anilines is 1. The molecule has 0 unspecified atom stereocenters. The normalized spacial score (nSPS) is 16.2. The standard InChI is InChI=1S/C21H23N3O3S/c1-4-27-17-11-14(7-10-16(17)25)19-18(13(3)22-21(28)24-19)20(26)23-15-8-5-12(2)6-9-15/h5-11,19,25H,4H2,1-3H3,(H,23,26)(H2,22,24,28)/t19-/m0/s1. The van der Waals surface area contributed by atoms with Crippen molar-refractivity contribution >= 4 is 28.9 Å². The molecule has 146 valence electrons. The lowest BCUT2D eigenvalue weighted by Crippen LogP contribution is -2.45. The minimum Gasteiger partial charge on any atom is -0.504 e. The number of aromatic hydroxyl groups is 1. The minimum atomic E-state index is -0.473. The number of aryl methyl sites for hydroxylation is 1. The smallest absolute Gasteiger partial charge is 0.255 e. The predicted octanol–water partition coefficient (Wildman–Crippen LogP) is 3.53. The molecule has 1 heterocycles. The summed E-state index contributed by atoms with van der Waals surface area (Å²) in [5, 5.41) is 19.5. The number of nitrogens with one attached hydrogen (secondary N) is 3. The summed E-state index contributed by atoms with van der Waals surface area (Å²) in [7, 11) is 0. The van der Waals surface area contributed by atoms with Crippen molar-refractivity contribution in [2.24, 2.45) is 0 Å². The molecule has 0 saturated heterocycles. The van der Waals surface area contributed by atoms with Crippen LogP contribution in [0.3, 0.4) is 0 Å². The summed E-state index contributed by atoms with van der Waals surface area (Å²) in [4.78, 5) is 13.1. The SMILES string of the molecule is CCOc1cc([C@@H]2NC(=S)NC(C)=C2C(=O)Nc2ccc(C)cc2)ccc1O. The van der Waals surface area contributed by atoms with E-state index in [0.717, 1.165) is 11.1 Å². The molecule has 0 radical (unpaired) electrons. The maximum atomic E-state index is 13.1. The zero-order valence-electron chi connectivity index (χ0n) is 16.0. The zero-order chi connectivity index (χ0) is 20.3. The first kappa shape index (κ1) is 19.7. The molecule has 0 aliphatic carbocycles. The van der Waals surface area contributed by atoms with Gasteiger partial charge >= 0.3 is 0 Å². The first-order valence-electron chi connectivity index (χ1n) is 9.01. The van der Waals surface area contributed by atoms with Crippen LogP contribution in [0, 0.1) is 6.92 Å². The van der Waals surface area contributed by atoms with E-state index in [0.29, 0.717) is 34.4 Å². The molecule has 1 aliphatic rings. The lowest BCUT2D eigenvalue weighted by atomic mass is 9.94. The molecule has 0 aromatic heterocycles. The number of amides is 1. The summed E-state index contributed by atoms with van der Waals surface area (Å²) >= 11 is 5.28. The van der Waals surface area contributed by atoms with E-state index in [2.05, 4.69) is 16.0 Å². The molecule has 1 aliphatic heterocycles. The van der Waals surface area contributed by atoms with Crippen molar-refractivity contribution < 1.29 is 14.6 Å². The van der Waals surface area contributed by atoms with E-state index in [9.17, 15) is 9.90 Å². The van der Waals surface area contributed by atoms with Crippen molar-refractivity contribution in [2.45, 2.75) is 26.8 Å². The van der Waals surface area contributed by atoms with Crippen molar-refractivity contribution in [3.63, 3.8) is 0 Å². The van der Waals surface area contributed by atoms with Crippen molar-refractivity contribution in [1.82, 2.24) is 10.6 Å². The summed E-state index contributed by atoms with van der Waals surface area (Å²) in [6.45, 7) is 6.07. The van der Waals surface area contributed by atoms with Gasteiger partial charge in [0.1, 0.15) is 0 Å². The van der Waals surface area contributed by atoms with Crippen molar-refractivity contribution in [2.75, 3.05) is 11.9 Å².